The highest BCUT2D eigenvalue weighted by molar-refractivity contribution is 5.46. The zero-order chi connectivity index (χ0) is 11.3. The summed E-state index contributed by atoms with van der Waals surface area (Å²) >= 11 is 0. The molecule has 0 radical (unpaired) electrons. The van der Waals surface area contributed by atoms with Crippen molar-refractivity contribution in [1.29, 1.82) is 0 Å². The van der Waals surface area contributed by atoms with E-state index in [1.165, 1.54) is 0 Å². The van der Waals surface area contributed by atoms with Crippen LogP contribution in [0.1, 0.15) is 19.4 Å². The molecular formula is C13H16O2. The van der Waals surface area contributed by atoms with Crippen molar-refractivity contribution in [2.75, 3.05) is 7.11 Å². The zero-order valence-electron chi connectivity index (χ0n) is 9.32. The molecule has 1 unspecified atom stereocenters. The largest absolute Gasteiger partial charge is 0.495 e. The highest BCUT2D eigenvalue weighted by atomic mass is 16.5. The van der Waals surface area contributed by atoms with E-state index in [1.54, 1.807) is 7.11 Å². The summed E-state index contributed by atoms with van der Waals surface area (Å²) < 4.78 is 5.15. The Balaban J connectivity index is 2.88. The smallest absolute Gasteiger partial charge is 0.134 e. The first-order chi connectivity index (χ1) is 7.15. The number of para-hydroxylation sites is 1. The standard InChI is InChI=1S/C13H16O2/c1-10(2)12(14)9-8-11-6-4-5-7-13(11)15-3/h4-7,10,12,14H,1-3H3. The van der Waals surface area contributed by atoms with E-state index < -0.39 is 6.10 Å². The molecule has 1 aromatic rings. The average Bonchev–Trinajstić information content (AvgIpc) is 2.26. The number of methoxy groups -OCH3 is 1. The Morgan fingerprint density at radius 1 is 1.27 bits per heavy atom. The lowest BCUT2D eigenvalue weighted by atomic mass is 10.1. The van der Waals surface area contributed by atoms with Crippen LogP contribution in [0.4, 0.5) is 0 Å². The fourth-order valence-electron chi connectivity index (χ4n) is 1.07. The van der Waals surface area contributed by atoms with Gasteiger partial charge >= 0.3 is 0 Å². The minimum absolute atomic E-state index is 0.146. The van der Waals surface area contributed by atoms with Crippen LogP contribution in [0, 0.1) is 17.8 Å². The van der Waals surface area contributed by atoms with E-state index in [0.29, 0.717) is 0 Å². The van der Waals surface area contributed by atoms with Crippen molar-refractivity contribution in [3.8, 4) is 17.6 Å². The molecule has 2 nitrogen and oxygen atoms in total. The minimum atomic E-state index is -0.588. The molecule has 0 aliphatic rings. The van der Waals surface area contributed by atoms with Gasteiger partial charge < -0.3 is 9.84 Å². The maximum atomic E-state index is 9.54. The molecule has 0 fully saturated rings. The molecule has 0 saturated carbocycles. The second kappa shape index (κ2) is 5.43. The fourth-order valence-corrected chi connectivity index (χ4v) is 1.07. The van der Waals surface area contributed by atoms with E-state index >= 15 is 0 Å². The Morgan fingerprint density at radius 3 is 2.53 bits per heavy atom. The molecule has 2 heteroatoms. The maximum absolute atomic E-state index is 9.54. The number of rotatable bonds is 2. The van der Waals surface area contributed by atoms with E-state index in [9.17, 15) is 5.11 Å². The summed E-state index contributed by atoms with van der Waals surface area (Å²) in [5, 5.41) is 9.54. The molecule has 0 aliphatic carbocycles. The second-order valence-electron chi connectivity index (χ2n) is 3.66. The summed E-state index contributed by atoms with van der Waals surface area (Å²) in [5.74, 6) is 6.60. The molecule has 0 bridgehead atoms. The van der Waals surface area contributed by atoms with Gasteiger partial charge in [-0.25, -0.2) is 0 Å². The van der Waals surface area contributed by atoms with Gasteiger partial charge in [-0.15, -0.1) is 0 Å². The maximum Gasteiger partial charge on any atom is 0.134 e. The van der Waals surface area contributed by atoms with Crippen LogP contribution in [0.3, 0.4) is 0 Å². The molecule has 0 aromatic heterocycles. The van der Waals surface area contributed by atoms with Crippen molar-refractivity contribution in [1.82, 2.24) is 0 Å². The summed E-state index contributed by atoms with van der Waals surface area (Å²) in [6, 6.07) is 7.52. The van der Waals surface area contributed by atoms with Crippen LogP contribution in [0.5, 0.6) is 5.75 Å². The third kappa shape index (κ3) is 3.30. The summed E-state index contributed by atoms with van der Waals surface area (Å²) in [6.07, 6.45) is -0.588. The van der Waals surface area contributed by atoms with Crippen molar-refractivity contribution < 1.29 is 9.84 Å². The molecule has 0 aliphatic heterocycles. The summed E-state index contributed by atoms with van der Waals surface area (Å²) in [4.78, 5) is 0. The van der Waals surface area contributed by atoms with E-state index in [4.69, 9.17) is 4.74 Å². The van der Waals surface area contributed by atoms with Gasteiger partial charge in [0.25, 0.3) is 0 Å². The normalized spacial score (nSPS) is 11.8. The molecule has 15 heavy (non-hydrogen) atoms. The zero-order valence-corrected chi connectivity index (χ0v) is 9.32. The van der Waals surface area contributed by atoms with Gasteiger partial charge in [-0.05, 0) is 18.1 Å². The van der Waals surface area contributed by atoms with E-state index in [-0.39, 0.29) is 5.92 Å². The molecule has 1 rings (SSSR count). The first-order valence-corrected chi connectivity index (χ1v) is 4.97. The Hall–Kier alpha value is -1.46. The van der Waals surface area contributed by atoms with Crippen LogP contribution in [0.15, 0.2) is 24.3 Å². The summed E-state index contributed by atoms with van der Waals surface area (Å²) in [5.41, 5.74) is 0.805. The van der Waals surface area contributed by atoms with Crippen molar-refractivity contribution in [3.05, 3.63) is 29.8 Å². The van der Waals surface area contributed by atoms with Crippen molar-refractivity contribution in [2.24, 2.45) is 5.92 Å². The number of aliphatic hydroxyl groups is 1. The monoisotopic (exact) mass is 204 g/mol. The molecular weight excluding hydrogens is 188 g/mol. The van der Waals surface area contributed by atoms with Crippen molar-refractivity contribution >= 4 is 0 Å². The van der Waals surface area contributed by atoms with E-state index in [2.05, 4.69) is 11.8 Å². The first kappa shape index (κ1) is 11.6. The first-order valence-electron chi connectivity index (χ1n) is 4.97. The van der Waals surface area contributed by atoms with Crippen molar-refractivity contribution in [3.63, 3.8) is 0 Å². The summed E-state index contributed by atoms with van der Waals surface area (Å²) in [7, 11) is 1.61. The average molecular weight is 204 g/mol. The van der Waals surface area contributed by atoms with Gasteiger partial charge in [-0.1, -0.05) is 37.8 Å². The number of benzene rings is 1. The number of hydrogen-bond acceptors (Lipinski definition) is 2. The van der Waals surface area contributed by atoms with Gasteiger partial charge in [-0.2, -0.15) is 0 Å². The second-order valence-corrected chi connectivity index (χ2v) is 3.66. The van der Waals surface area contributed by atoms with Crippen LogP contribution in [-0.2, 0) is 0 Å². The molecule has 1 N–H and O–H groups in total. The topological polar surface area (TPSA) is 29.5 Å². The number of aliphatic hydroxyl groups excluding tert-OH is 1. The third-order valence-electron chi connectivity index (χ3n) is 2.09. The SMILES string of the molecule is COc1ccccc1C#CC(O)C(C)C. The Labute approximate surface area is 90.9 Å². The van der Waals surface area contributed by atoms with E-state index in [1.807, 2.05) is 38.1 Å². The summed E-state index contributed by atoms with van der Waals surface area (Å²) in [6.45, 7) is 3.86. The van der Waals surface area contributed by atoms with Crippen LogP contribution >= 0.6 is 0 Å². The van der Waals surface area contributed by atoms with E-state index in [0.717, 1.165) is 11.3 Å². The van der Waals surface area contributed by atoms with Gasteiger partial charge in [0.15, 0.2) is 0 Å². The molecule has 0 saturated heterocycles. The van der Waals surface area contributed by atoms with Gasteiger partial charge in [-0.3, -0.25) is 0 Å². The lowest BCUT2D eigenvalue weighted by Crippen LogP contribution is -2.11. The predicted molar refractivity (Wildman–Crippen MR) is 60.7 cm³/mol. The molecule has 0 heterocycles. The van der Waals surface area contributed by atoms with Crippen LogP contribution in [0.25, 0.3) is 0 Å². The van der Waals surface area contributed by atoms with Crippen molar-refractivity contribution in [2.45, 2.75) is 20.0 Å². The predicted octanol–water partition coefficient (Wildman–Crippen LogP) is 2.06. The third-order valence-corrected chi connectivity index (χ3v) is 2.09. The number of hydrogen-bond donors (Lipinski definition) is 1. The Morgan fingerprint density at radius 2 is 1.93 bits per heavy atom. The highest BCUT2D eigenvalue weighted by Gasteiger charge is 2.04. The van der Waals surface area contributed by atoms with Gasteiger partial charge in [0.05, 0.1) is 12.7 Å². The lowest BCUT2D eigenvalue weighted by molar-refractivity contribution is 0.181. The molecule has 80 valence electrons. The fraction of sp³-hybridized carbons (Fsp3) is 0.385. The lowest BCUT2D eigenvalue weighted by Gasteiger charge is -2.06. The van der Waals surface area contributed by atoms with Gasteiger partial charge in [0, 0.05) is 0 Å². The molecule has 1 atom stereocenters. The molecule has 1 aromatic carbocycles. The van der Waals surface area contributed by atoms with Crippen LogP contribution in [-0.4, -0.2) is 18.3 Å². The minimum Gasteiger partial charge on any atom is -0.495 e. The number of ether oxygens (including phenoxy) is 1. The van der Waals surface area contributed by atoms with Crippen LogP contribution in [0.2, 0.25) is 0 Å². The molecule has 0 amide bonds. The highest BCUT2D eigenvalue weighted by Crippen LogP contribution is 2.15. The Kier molecular flexibility index (Phi) is 4.20. The van der Waals surface area contributed by atoms with Gasteiger partial charge in [0.2, 0.25) is 0 Å². The van der Waals surface area contributed by atoms with Gasteiger partial charge in [0.1, 0.15) is 11.9 Å². The van der Waals surface area contributed by atoms with Crippen LogP contribution < -0.4 is 4.74 Å². The quantitative estimate of drug-likeness (QED) is 0.747. The Bertz CT molecular complexity index is 372. The molecule has 0 spiro atoms.